The maximum Gasteiger partial charge on any atom is 0.344 e. The first-order valence-electron chi connectivity index (χ1n) is 6.99. The first-order valence-corrected chi connectivity index (χ1v) is 6.99. The van der Waals surface area contributed by atoms with Gasteiger partial charge >= 0.3 is 5.97 Å². The summed E-state index contributed by atoms with van der Waals surface area (Å²) in [6.45, 7) is -0.325. The number of carbonyl (C=O) groups excluding carboxylic acids is 2. The normalized spacial score (nSPS) is 10.1. The number of esters is 1. The number of phenolic OH excluding ortho intramolecular Hbond substituents is 1. The molecular weight excluding hydrogens is 298 g/mol. The van der Waals surface area contributed by atoms with Crippen molar-refractivity contribution in [3.05, 3.63) is 59.7 Å². The maximum absolute atomic E-state index is 11.6. The van der Waals surface area contributed by atoms with Gasteiger partial charge in [0.05, 0.1) is 12.1 Å². The van der Waals surface area contributed by atoms with Crippen molar-refractivity contribution in [2.24, 2.45) is 5.73 Å². The molecule has 0 amide bonds. The van der Waals surface area contributed by atoms with Crippen molar-refractivity contribution >= 4 is 11.8 Å². The number of Topliss-reactive ketones (excluding diaryl/α,β-unsaturated/α-hetero) is 1. The van der Waals surface area contributed by atoms with Crippen LogP contribution in [0.2, 0.25) is 0 Å². The molecule has 2 rings (SSSR count). The molecule has 0 radical (unpaired) electrons. The lowest BCUT2D eigenvalue weighted by atomic mass is 10.1. The van der Waals surface area contributed by atoms with Crippen molar-refractivity contribution in [2.45, 2.75) is 6.61 Å². The number of benzene rings is 2. The summed E-state index contributed by atoms with van der Waals surface area (Å²) in [4.78, 5) is 23.0. The van der Waals surface area contributed by atoms with Crippen molar-refractivity contribution in [1.82, 2.24) is 0 Å². The first-order chi connectivity index (χ1) is 11.1. The van der Waals surface area contributed by atoms with Crippen LogP contribution in [0.1, 0.15) is 15.9 Å². The zero-order chi connectivity index (χ0) is 16.7. The van der Waals surface area contributed by atoms with Crippen LogP contribution < -0.4 is 10.5 Å². The molecule has 0 fully saturated rings. The number of nitrogens with two attached hydrogens (primary N) is 1. The number of hydrogen-bond acceptors (Lipinski definition) is 6. The third kappa shape index (κ3) is 4.82. The Balaban J connectivity index is 1.84. The molecule has 3 N–H and O–H groups in total. The van der Waals surface area contributed by atoms with E-state index in [-0.39, 0.29) is 42.6 Å². The maximum atomic E-state index is 11.6. The number of hydrogen-bond donors (Lipinski definition) is 2. The molecule has 2 aromatic carbocycles. The van der Waals surface area contributed by atoms with Gasteiger partial charge in [0.2, 0.25) is 0 Å². The second-order valence-corrected chi connectivity index (χ2v) is 4.74. The fourth-order valence-electron chi connectivity index (χ4n) is 1.87. The molecule has 0 bridgehead atoms. The van der Waals surface area contributed by atoms with Gasteiger partial charge in [0.25, 0.3) is 0 Å². The number of ether oxygens (including phenoxy) is 2. The van der Waals surface area contributed by atoms with E-state index in [4.69, 9.17) is 15.2 Å². The molecule has 0 saturated heterocycles. The summed E-state index contributed by atoms with van der Waals surface area (Å²) in [5.74, 6) is -0.893. The van der Waals surface area contributed by atoms with Crippen LogP contribution in [-0.2, 0) is 16.1 Å². The molecule has 0 aliphatic carbocycles. The molecule has 0 aromatic heterocycles. The predicted molar refractivity (Wildman–Crippen MR) is 83.2 cm³/mol. The van der Waals surface area contributed by atoms with Gasteiger partial charge in [-0.1, -0.05) is 30.3 Å². The Labute approximate surface area is 133 Å². The van der Waals surface area contributed by atoms with E-state index in [1.165, 1.54) is 18.2 Å². The minimum atomic E-state index is -0.532. The monoisotopic (exact) mass is 315 g/mol. The molecule has 0 aliphatic heterocycles. The lowest BCUT2D eigenvalue weighted by Gasteiger charge is -2.09. The van der Waals surface area contributed by atoms with Crippen molar-refractivity contribution in [3.63, 3.8) is 0 Å². The van der Waals surface area contributed by atoms with Crippen LogP contribution in [0.5, 0.6) is 11.5 Å². The average molecular weight is 315 g/mol. The third-order valence-corrected chi connectivity index (χ3v) is 3.05. The number of ketones is 1. The van der Waals surface area contributed by atoms with Crippen molar-refractivity contribution < 1.29 is 24.2 Å². The fourth-order valence-corrected chi connectivity index (χ4v) is 1.87. The standard InChI is InChI=1S/C17H17NO5/c18-9-16(20)14-7-6-13(8-15(14)19)22-11-17(21)23-10-12-4-2-1-3-5-12/h1-8,19H,9-11,18H2. The minimum absolute atomic E-state index is 0.117. The smallest absolute Gasteiger partial charge is 0.344 e. The highest BCUT2D eigenvalue weighted by molar-refractivity contribution is 6.00. The molecule has 120 valence electrons. The molecule has 6 nitrogen and oxygen atoms in total. The average Bonchev–Trinajstić information content (AvgIpc) is 2.58. The molecule has 0 atom stereocenters. The van der Waals surface area contributed by atoms with Crippen LogP contribution in [0.15, 0.2) is 48.5 Å². The Morgan fingerprint density at radius 1 is 1.09 bits per heavy atom. The Kier molecular flexibility index (Phi) is 5.71. The SMILES string of the molecule is NCC(=O)c1ccc(OCC(=O)OCc2ccccc2)cc1O. The zero-order valence-corrected chi connectivity index (χ0v) is 12.4. The van der Waals surface area contributed by atoms with Gasteiger partial charge < -0.3 is 20.3 Å². The molecule has 6 heteroatoms. The van der Waals surface area contributed by atoms with Crippen molar-refractivity contribution in [3.8, 4) is 11.5 Å². The third-order valence-electron chi connectivity index (χ3n) is 3.05. The van der Waals surface area contributed by atoms with E-state index in [1.807, 2.05) is 30.3 Å². The van der Waals surface area contributed by atoms with Gasteiger partial charge in [0, 0.05) is 6.07 Å². The molecule has 0 saturated carbocycles. The van der Waals surface area contributed by atoms with E-state index in [2.05, 4.69) is 0 Å². The minimum Gasteiger partial charge on any atom is -0.507 e. The highest BCUT2D eigenvalue weighted by Crippen LogP contribution is 2.23. The number of carbonyl (C=O) groups is 2. The Morgan fingerprint density at radius 2 is 1.83 bits per heavy atom. The Bertz CT molecular complexity index is 685. The molecule has 2 aromatic rings. The molecule has 0 unspecified atom stereocenters. The van der Waals surface area contributed by atoms with E-state index >= 15 is 0 Å². The molecular formula is C17H17NO5. The Morgan fingerprint density at radius 3 is 2.48 bits per heavy atom. The van der Waals surface area contributed by atoms with Gasteiger partial charge in [-0.2, -0.15) is 0 Å². The molecule has 23 heavy (non-hydrogen) atoms. The van der Waals surface area contributed by atoms with Crippen LogP contribution >= 0.6 is 0 Å². The van der Waals surface area contributed by atoms with Gasteiger partial charge in [-0.05, 0) is 17.7 Å². The van der Waals surface area contributed by atoms with E-state index in [0.717, 1.165) is 5.56 Å². The molecule has 0 heterocycles. The van der Waals surface area contributed by atoms with E-state index in [1.54, 1.807) is 0 Å². The summed E-state index contributed by atoms with van der Waals surface area (Å²) < 4.78 is 10.3. The van der Waals surface area contributed by atoms with Crippen LogP contribution in [0, 0.1) is 0 Å². The predicted octanol–water partition coefficient (Wildman–Crippen LogP) is 1.66. The van der Waals surface area contributed by atoms with Crippen molar-refractivity contribution in [1.29, 1.82) is 0 Å². The van der Waals surface area contributed by atoms with Gasteiger partial charge in [-0.3, -0.25) is 4.79 Å². The van der Waals surface area contributed by atoms with Crippen LogP contribution in [0.3, 0.4) is 0 Å². The van der Waals surface area contributed by atoms with Crippen LogP contribution in [-0.4, -0.2) is 30.0 Å². The van der Waals surface area contributed by atoms with Crippen LogP contribution in [0.4, 0.5) is 0 Å². The fraction of sp³-hybridized carbons (Fsp3) is 0.176. The summed E-state index contributed by atoms with van der Waals surface area (Å²) in [6.07, 6.45) is 0. The highest BCUT2D eigenvalue weighted by Gasteiger charge is 2.11. The lowest BCUT2D eigenvalue weighted by molar-refractivity contribution is -0.147. The molecule has 0 aliphatic rings. The summed E-state index contributed by atoms with van der Waals surface area (Å²) in [6, 6.07) is 13.4. The number of aromatic hydroxyl groups is 1. The number of rotatable bonds is 7. The topological polar surface area (TPSA) is 98.9 Å². The van der Waals surface area contributed by atoms with Gasteiger partial charge in [0.15, 0.2) is 12.4 Å². The van der Waals surface area contributed by atoms with Gasteiger partial charge in [-0.15, -0.1) is 0 Å². The second kappa shape index (κ2) is 7.95. The number of phenols is 1. The summed E-state index contributed by atoms with van der Waals surface area (Å²) in [5, 5.41) is 9.74. The van der Waals surface area contributed by atoms with Crippen molar-refractivity contribution in [2.75, 3.05) is 13.2 Å². The van der Waals surface area contributed by atoms with E-state index in [9.17, 15) is 14.7 Å². The quantitative estimate of drug-likeness (QED) is 0.595. The van der Waals surface area contributed by atoms with Gasteiger partial charge in [0.1, 0.15) is 18.1 Å². The molecule has 0 spiro atoms. The highest BCUT2D eigenvalue weighted by atomic mass is 16.6. The zero-order valence-electron chi connectivity index (χ0n) is 12.4. The summed E-state index contributed by atoms with van der Waals surface area (Å²) in [7, 11) is 0. The Hall–Kier alpha value is -2.86. The first kappa shape index (κ1) is 16.5. The van der Waals surface area contributed by atoms with Gasteiger partial charge in [-0.25, -0.2) is 4.79 Å². The second-order valence-electron chi connectivity index (χ2n) is 4.74. The van der Waals surface area contributed by atoms with E-state index < -0.39 is 5.97 Å². The van der Waals surface area contributed by atoms with Crippen LogP contribution in [0.25, 0.3) is 0 Å². The van der Waals surface area contributed by atoms with E-state index in [0.29, 0.717) is 0 Å². The summed E-state index contributed by atoms with van der Waals surface area (Å²) in [5.41, 5.74) is 6.23. The largest absolute Gasteiger partial charge is 0.507 e. The summed E-state index contributed by atoms with van der Waals surface area (Å²) >= 11 is 0. The lowest BCUT2D eigenvalue weighted by Crippen LogP contribution is -2.15.